The summed E-state index contributed by atoms with van der Waals surface area (Å²) in [5.41, 5.74) is 3.21. The number of aryl methyl sites for hydroxylation is 2. The normalized spacial score (nSPS) is 29.0. The van der Waals surface area contributed by atoms with E-state index in [1.54, 1.807) is 40.9 Å². The van der Waals surface area contributed by atoms with Crippen LogP contribution in [0.15, 0.2) is 42.5 Å². The monoisotopic (exact) mass is 643 g/mol. The van der Waals surface area contributed by atoms with E-state index in [0.717, 1.165) is 16.8 Å². The smallest absolute Gasteiger partial charge is 0.248 e. The average Bonchev–Trinajstić information content (AvgIpc) is 3.51. The van der Waals surface area contributed by atoms with Crippen molar-refractivity contribution in [2.24, 2.45) is 17.8 Å². The number of nitrogens with one attached hydrogen (secondary N) is 2. The van der Waals surface area contributed by atoms with Gasteiger partial charge in [-0.15, -0.1) is 11.8 Å². The summed E-state index contributed by atoms with van der Waals surface area (Å²) in [6.45, 7) is 9.95. The fraction of sp³-hybridized carbons (Fsp3) is 0.516. The van der Waals surface area contributed by atoms with Gasteiger partial charge in [0.1, 0.15) is 11.8 Å². The highest BCUT2D eigenvalue weighted by Crippen LogP contribution is 2.68. The van der Waals surface area contributed by atoms with Crippen molar-refractivity contribution in [3.05, 3.63) is 53.6 Å². The maximum Gasteiger partial charge on any atom is 0.248 e. The second kappa shape index (κ2) is 11.6. The number of hydrogen-bond acceptors (Lipinski definition) is 6. The molecule has 0 saturated carbocycles. The summed E-state index contributed by atoms with van der Waals surface area (Å²) in [6, 6.07) is 11.6. The van der Waals surface area contributed by atoms with Crippen LogP contribution >= 0.6 is 27.7 Å². The SMILES string of the molecule is CCOc1ccc(NC(=O)[C@H]2[C@H]3C(=O)N([C@@H](CO)C(C)C)C(C(=O)Nc4c(C)cccc4C)C34CC(Br)[C@@H]2S4)cc1. The van der Waals surface area contributed by atoms with E-state index in [1.165, 1.54) is 0 Å². The van der Waals surface area contributed by atoms with Gasteiger partial charge in [-0.2, -0.15) is 0 Å². The van der Waals surface area contributed by atoms with Crippen LogP contribution in [0.3, 0.4) is 0 Å². The number of aliphatic hydroxyl groups is 1. The molecule has 2 bridgehead atoms. The van der Waals surface area contributed by atoms with Crippen LogP contribution in [0.1, 0.15) is 38.3 Å². The largest absolute Gasteiger partial charge is 0.494 e. The summed E-state index contributed by atoms with van der Waals surface area (Å²) >= 11 is 5.39. The van der Waals surface area contributed by atoms with E-state index >= 15 is 0 Å². The predicted molar refractivity (Wildman–Crippen MR) is 166 cm³/mol. The lowest BCUT2D eigenvalue weighted by Gasteiger charge is -2.38. The second-order valence-corrected chi connectivity index (χ2v) is 14.3. The number of rotatable bonds is 9. The molecule has 3 saturated heterocycles. The minimum atomic E-state index is -0.836. The number of hydrogen-bond donors (Lipinski definition) is 3. The lowest BCUT2D eigenvalue weighted by Crippen LogP contribution is -2.56. The number of ether oxygens (including phenoxy) is 1. The third kappa shape index (κ3) is 5.06. The summed E-state index contributed by atoms with van der Waals surface area (Å²) in [6.07, 6.45) is 0.573. The molecule has 3 unspecified atom stereocenters. The minimum Gasteiger partial charge on any atom is -0.494 e. The summed E-state index contributed by atoms with van der Waals surface area (Å²) in [5.74, 6) is -1.45. The van der Waals surface area contributed by atoms with Crippen LogP contribution in [0.4, 0.5) is 11.4 Å². The van der Waals surface area contributed by atoms with E-state index < -0.39 is 28.7 Å². The van der Waals surface area contributed by atoms with Gasteiger partial charge in [-0.25, -0.2) is 0 Å². The van der Waals surface area contributed by atoms with Gasteiger partial charge >= 0.3 is 0 Å². The minimum absolute atomic E-state index is 0.0466. The molecule has 0 aliphatic carbocycles. The molecule has 3 aliphatic rings. The number of amides is 3. The van der Waals surface area contributed by atoms with Crippen molar-refractivity contribution in [1.82, 2.24) is 4.90 Å². The fourth-order valence-electron chi connectivity index (χ4n) is 6.87. The van der Waals surface area contributed by atoms with Gasteiger partial charge in [0.05, 0.1) is 35.8 Å². The predicted octanol–water partition coefficient (Wildman–Crippen LogP) is 4.76. The molecule has 41 heavy (non-hydrogen) atoms. The number of likely N-dealkylation sites (tertiary alicyclic amines) is 1. The van der Waals surface area contributed by atoms with Gasteiger partial charge < -0.3 is 25.4 Å². The molecule has 3 heterocycles. The van der Waals surface area contributed by atoms with Crippen molar-refractivity contribution in [3.8, 4) is 5.75 Å². The van der Waals surface area contributed by atoms with E-state index in [1.807, 2.05) is 52.8 Å². The average molecular weight is 645 g/mol. The third-order valence-corrected chi connectivity index (χ3v) is 12.0. The highest BCUT2D eigenvalue weighted by Gasteiger charge is 2.76. The molecular formula is C31H38BrN3O5S. The molecule has 10 heteroatoms. The number of carbonyl (C=O) groups excluding carboxylic acids is 3. The zero-order chi connectivity index (χ0) is 29.6. The lowest BCUT2D eigenvalue weighted by molar-refractivity contribution is -0.142. The number of nitrogens with zero attached hydrogens (tertiary/aromatic N) is 1. The first-order valence-corrected chi connectivity index (χ1v) is 16.0. The van der Waals surface area contributed by atoms with E-state index in [0.29, 0.717) is 24.5 Å². The number of benzene rings is 2. The van der Waals surface area contributed by atoms with Crippen LogP contribution in [0.2, 0.25) is 0 Å². The molecule has 220 valence electrons. The van der Waals surface area contributed by atoms with Gasteiger partial charge in [-0.1, -0.05) is 48.0 Å². The maximum atomic E-state index is 14.4. The Morgan fingerprint density at radius 3 is 2.37 bits per heavy atom. The standard InChI is InChI=1S/C31H38BrN3O5S/c1-6-40-20-12-10-19(11-13-20)33-28(37)23-24-30(39)35(22(15-36)16(2)3)27(31(24)14-21(32)26(23)41-31)29(38)34-25-17(4)8-7-9-18(25)5/h7-13,16,21-24,26-27,36H,6,14-15H2,1-5H3,(H,33,37)(H,34,38)/t21?,22-,23-,24-,26-,27?,31?/m0/s1. The molecule has 0 aromatic heterocycles. The van der Waals surface area contributed by atoms with Crippen molar-refractivity contribution in [1.29, 1.82) is 0 Å². The Kier molecular flexibility index (Phi) is 8.47. The van der Waals surface area contributed by atoms with E-state index in [4.69, 9.17) is 4.74 Å². The number of thioether (sulfide) groups is 1. The Balaban J connectivity index is 1.52. The molecule has 0 radical (unpaired) electrons. The van der Waals surface area contributed by atoms with Crippen LogP contribution in [0.5, 0.6) is 5.75 Å². The number of aliphatic hydroxyl groups excluding tert-OH is 1. The molecule has 2 aromatic carbocycles. The zero-order valence-electron chi connectivity index (χ0n) is 24.0. The van der Waals surface area contributed by atoms with Crippen LogP contribution in [-0.2, 0) is 14.4 Å². The Morgan fingerprint density at radius 2 is 1.78 bits per heavy atom. The Morgan fingerprint density at radius 1 is 1.12 bits per heavy atom. The van der Waals surface area contributed by atoms with Crippen molar-refractivity contribution >= 4 is 56.8 Å². The molecule has 3 fully saturated rings. The molecule has 7 atom stereocenters. The number of anilines is 2. The van der Waals surface area contributed by atoms with Crippen LogP contribution in [0, 0.1) is 31.6 Å². The first-order valence-electron chi connectivity index (χ1n) is 14.2. The lowest BCUT2D eigenvalue weighted by atomic mass is 9.70. The molecule has 5 rings (SSSR count). The van der Waals surface area contributed by atoms with Crippen molar-refractivity contribution < 1.29 is 24.2 Å². The molecule has 3 aliphatic heterocycles. The van der Waals surface area contributed by atoms with Crippen LogP contribution < -0.4 is 15.4 Å². The van der Waals surface area contributed by atoms with E-state index in [9.17, 15) is 19.5 Å². The number of alkyl halides is 1. The number of carbonyl (C=O) groups is 3. The molecule has 1 spiro atoms. The zero-order valence-corrected chi connectivity index (χ0v) is 26.4. The Labute approximate surface area is 254 Å². The van der Waals surface area contributed by atoms with Crippen molar-refractivity contribution in [2.45, 2.75) is 67.9 Å². The van der Waals surface area contributed by atoms with Crippen molar-refractivity contribution in [2.75, 3.05) is 23.8 Å². The van der Waals surface area contributed by atoms with E-state index in [-0.39, 0.29) is 40.3 Å². The van der Waals surface area contributed by atoms with Gasteiger partial charge in [0, 0.05) is 21.5 Å². The molecule has 8 nitrogen and oxygen atoms in total. The highest BCUT2D eigenvalue weighted by molar-refractivity contribution is 9.09. The quantitative estimate of drug-likeness (QED) is 0.340. The van der Waals surface area contributed by atoms with Gasteiger partial charge in [0.25, 0.3) is 0 Å². The number of para-hydroxylation sites is 1. The Hall–Kier alpha value is -2.56. The summed E-state index contributed by atoms with van der Waals surface area (Å²) in [5, 5.41) is 16.4. The summed E-state index contributed by atoms with van der Waals surface area (Å²) in [4.78, 5) is 44.1. The summed E-state index contributed by atoms with van der Waals surface area (Å²) in [7, 11) is 0. The van der Waals surface area contributed by atoms with Gasteiger partial charge in [0.2, 0.25) is 17.7 Å². The summed E-state index contributed by atoms with van der Waals surface area (Å²) < 4.78 is 4.71. The molecule has 3 N–H and O–H groups in total. The third-order valence-electron chi connectivity index (χ3n) is 8.75. The molecule has 3 amide bonds. The van der Waals surface area contributed by atoms with Gasteiger partial charge in [-0.3, -0.25) is 14.4 Å². The molecular weight excluding hydrogens is 606 g/mol. The topological polar surface area (TPSA) is 108 Å². The van der Waals surface area contributed by atoms with Crippen LogP contribution in [0.25, 0.3) is 0 Å². The first-order chi connectivity index (χ1) is 19.5. The number of halogens is 1. The first kappa shape index (κ1) is 29.9. The Bertz CT molecular complexity index is 1320. The second-order valence-electron chi connectivity index (χ2n) is 11.6. The highest BCUT2D eigenvalue weighted by atomic mass is 79.9. The van der Waals surface area contributed by atoms with Gasteiger partial charge in [-0.05, 0) is 68.5 Å². The maximum absolute atomic E-state index is 14.4. The van der Waals surface area contributed by atoms with Gasteiger partial charge in [0.15, 0.2) is 0 Å². The fourth-order valence-corrected chi connectivity index (χ4v) is 10.5. The molecule has 2 aromatic rings. The van der Waals surface area contributed by atoms with Crippen molar-refractivity contribution in [3.63, 3.8) is 0 Å². The number of fused-ring (bicyclic) bond motifs is 1. The van der Waals surface area contributed by atoms with E-state index in [2.05, 4.69) is 26.6 Å². The van der Waals surface area contributed by atoms with Crippen LogP contribution in [-0.4, -0.2) is 67.8 Å².